The summed E-state index contributed by atoms with van der Waals surface area (Å²) in [6, 6.07) is 20.0. The molecule has 8 nitrogen and oxygen atoms in total. The normalized spacial score (nSPS) is 10.5. The summed E-state index contributed by atoms with van der Waals surface area (Å²) >= 11 is 0. The van der Waals surface area contributed by atoms with Gasteiger partial charge in [0, 0.05) is 5.69 Å². The second kappa shape index (κ2) is 10.3. The molecular formula is C24H20FN3O5. The fourth-order valence-electron chi connectivity index (χ4n) is 2.92. The molecule has 1 amide bonds. The zero-order valence-electron chi connectivity index (χ0n) is 17.7. The Morgan fingerprint density at radius 1 is 0.970 bits per heavy atom. The molecule has 168 valence electrons. The number of carbonyl (C=O) groups excluding carboxylic acids is 1. The number of hydrogen-bond acceptors (Lipinski definition) is 7. The maximum atomic E-state index is 13.7. The number of methoxy groups -OCH3 is 1. The molecule has 3 aromatic carbocycles. The molecule has 0 aliphatic rings. The van der Waals surface area contributed by atoms with E-state index < -0.39 is 5.82 Å². The van der Waals surface area contributed by atoms with E-state index in [1.54, 1.807) is 67.8 Å². The smallest absolute Gasteiger partial charge is 0.264 e. The number of aromatic nitrogens is 2. The highest BCUT2D eigenvalue weighted by Crippen LogP contribution is 2.28. The molecule has 0 saturated carbocycles. The van der Waals surface area contributed by atoms with Crippen molar-refractivity contribution >= 4 is 11.6 Å². The van der Waals surface area contributed by atoms with Crippen LogP contribution in [0.15, 0.2) is 77.3 Å². The van der Waals surface area contributed by atoms with E-state index >= 15 is 0 Å². The monoisotopic (exact) mass is 449 g/mol. The second-order valence-corrected chi connectivity index (χ2v) is 6.79. The summed E-state index contributed by atoms with van der Waals surface area (Å²) in [4.78, 5) is 16.6. The van der Waals surface area contributed by atoms with Crippen molar-refractivity contribution in [3.05, 3.63) is 84.5 Å². The molecule has 1 aromatic heterocycles. The van der Waals surface area contributed by atoms with Gasteiger partial charge in [0.25, 0.3) is 11.8 Å². The van der Waals surface area contributed by atoms with Gasteiger partial charge in [0.15, 0.2) is 24.8 Å². The third-order valence-corrected chi connectivity index (χ3v) is 4.52. The van der Waals surface area contributed by atoms with Crippen LogP contribution in [0.5, 0.6) is 17.2 Å². The van der Waals surface area contributed by atoms with Crippen molar-refractivity contribution in [2.24, 2.45) is 0 Å². The molecular weight excluding hydrogens is 429 g/mol. The second-order valence-electron chi connectivity index (χ2n) is 6.79. The van der Waals surface area contributed by atoms with Gasteiger partial charge in [0.2, 0.25) is 5.82 Å². The number of benzene rings is 3. The number of rotatable bonds is 9. The number of carbonyl (C=O) groups is 1. The average molecular weight is 449 g/mol. The lowest BCUT2D eigenvalue weighted by Gasteiger charge is -2.10. The summed E-state index contributed by atoms with van der Waals surface area (Å²) in [5.74, 6) is 0.796. The Kier molecular flexibility index (Phi) is 6.79. The summed E-state index contributed by atoms with van der Waals surface area (Å²) in [6.07, 6.45) is 0. The summed E-state index contributed by atoms with van der Waals surface area (Å²) in [5, 5.41) is 6.69. The van der Waals surface area contributed by atoms with Gasteiger partial charge >= 0.3 is 0 Å². The molecule has 0 saturated heterocycles. The van der Waals surface area contributed by atoms with Crippen molar-refractivity contribution in [3.63, 3.8) is 0 Å². The van der Waals surface area contributed by atoms with E-state index in [4.69, 9.17) is 18.7 Å². The number of nitrogens with one attached hydrogen (secondary N) is 1. The fraction of sp³-hybridized carbons (Fsp3) is 0.125. The molecule has 0 radical (unpaired) electrons. The predicted octanol–water partition coefficient (Wildman–Crippen LogP) is 4.48. The molecule has 0 spiro atoms. The average Bonchev–Trinajstić information content (AvgIpc) is 3.32. The highest BCUT2D eigenvalue weighted by molar-refractivity contribution is 5.92. The molecule has 9 heteroatoms. The van der Waals surface area contributed by atoms with Crippen LogP contribution >= 0.6 is 0 Å². The first-order valence-electron chi connectivity index (χ1n) is 9.98. The minimum Gasteiger partial charge on any atom is -0.497 e. The van der Waals surface area contributed by atoms with Gasteiger partial charge in [-0.3, -0.25) is 4.79 Å². The number of amides is 1. The SMILES string of the molecule is COc1ccc(NC(=O)COc2ccccc2-c2noc(COc3ccccc3F)n2)cc1. The highest BCUT2D eigenvalue weighted by Gasteiger charge is 2.15. The van der Waals surface area contributed by atoms with Gasteiger partial charge in [-0.25, -0.2) is 4.39 Å². The summed E-state index contributed by atoms with van der Waals surface area (Å²) in [5.41, 5.74) is 1.16. The van der Waals surface area contributed by atoms with Gasteiger partial charge in [-0.15, -0.1) is 0 Å². The third-order valence-electron chi connectivity index (χ3n) is 4.52. The molecule has 1 heterocycles. The van der Waals surface area contributed by atoms with Gasteiger partial charge < -0.3 is 24.1 Å². The van der Waals surface area contributed by atoms with Gasteiger partial charge in [0.05, 0.1) is 12.7 Å². The van der Waals surface area contributed by atoms with Crippen LogP contribution in [0.1, 0.15) is 5.89 Å². The quantitative estimate of drug-likeness (QED) is 0.402. The van der Waals surface area contributed by atoms with Gasteiger partial charge in [-0.2, -0.15) is 4.98 Å². The number of para-hydroxylation sites is 2. The lowest BCUT2D eigenvalue weighted by Crippen LogP contribution is -2.20. The Labute approximate surface area is 188 Å². The van der Waals surface area contributed by atoms with Crippen molar-refractivity contribution in [1.29, 1.82) is 0 Å². The van der Waals surface area contributed by atoms with Crippen LogP contribution in [0.2, 0.25) is 0 Å². The molecule has 0 bridgehead atoms. The first-order valence-corrected chi connectivity index (χ1v) is 9.98. The third kappa shape index (κ3) is 5.65. The van der Waals surface area contributed by atoms with Crippen LogP contribution in [0.3, 0.4) is 0 Å². The molecule has 0 aliphatic carbocycles. The van der Waals surface area contributed by atoms with Crippen molar-refractivity contribution in [2.75, 3.05) is 19.0 Å². The molecule has 1 N–H and O–H groups in total. The van der Waals surface area contributed by atoms with Crippen molar-refractivity contribution in [2.45, 2.75) is 6.61 Å². The zero-order valence-corrected chi connectivity index (χ0v) is 17.7. The van der Waals surface area contributed by atoms with E-state index in [9.17, 15) is 9.18 Å². The Bertz CT molecular complexity index is 1230. The molecule has 4 aromatic rings. The minimum absolute atomic E-state index is 0.0869. The molecule has 4 rings (SSSR count). The summed E-state index contributed by atoms with van der Waals surface area (Å²) in [6.45, 7) is -0.314. The number of hydrogen-bond donors (Lipinski definition) is 1. The maximum absolute atomic E-state index is 13.7. The van der Waals surface area contributed by atoms with Crippen LogP contribution in [0, 0.1) is 5.82 Å². The Morgan fingerprint density at radius 2 is 1.70 bits per heavy atom. The Hall–Kier alpha value is -4.40. The molecule has 33 heavy (non-hydrogen) atoms. The van der Waals surface area contributed by atoms with E-state index in [-0.39, 0.29) is 36.6 Å². The van der Waals surface area contributed by atoms with Crippen molar-refractivity contribution in [3.8, 4) is 28.6 Å². The lowest BCUT2D eigenvalue weighted by molar-refractivity contribution is -0.118. The van der Waals surface area contributed by atoms with Crippen LogP contribution in [0.25, 0.3) is 11.4 Å². The fourth-order valence-corrected chi connectivity index (χ4v) is 2.92. The largest absolute Gasteiger partial charge is 0.497 e. The highest BCUT2D eigenvalue weighted by atomic mass is 19.1. The number of anilines is 1. The van der Waals surface area contributed by atoms with E-state index in [1.807, 2.05) is 0 Å². The first-order chi connectivity index (χ1) is 16.1. The molecule has 0 atom stereocenters. The van der Waals surface area contributed by atoms with Crippen LogP contribution < -0.4 is 19.5 Å². The van der Waals surface area contributed by atoms with E-state index in [1.165, 1.54) is 12.1 Å². The van der Waals surface area contributed by atoms with Crippen molar-refractivity contribution < 1.29 is 27.9 Å². The standard InChI is InChI=1S/C24H20FN3O5/c1-30-17-12-10-16(11-13-17)26-22(29)14-31-20-8-4-2-6-18(20)24-27-23(33-28-24)15-32-21-9-5-3-7-19(21)25/h2-13H,14-15H2,1H3,(H,26,29). The summed E-state index contributed by atoms with van der Waals surface area (Å²) in [7, 11) is 1.57. The van der Waals surface area contributed by atoms with Crippen molar-refractivity contribution in [1.82, 2.24) is 10.1 Å². The van der Waals surface area contributed by atoms with Crippen LogP contribution in [-0.4, -0.2) is 29.8 Å². The van der Waals surface area contributed by atoms with E-state index in [0.717, 1.165) is 0 Å². The topological polar surface area (TPSA) is 95.7 Å². The van der Waals surface area contributed by atoms with E-state index in [2.05, 4.69) is 15.5 Å². The maximum Gasteiger partial charge on any atom is 0.264 e. The zero-order chi connectivity index (χ0) is 23.0. The van der Waals surface area contributed by atoms with E-state index in [0.29, 0.717) is 22.7 Å². The molecule has 0 unspecified atom stereocenters. The van der Waals surface area contributed by atoms with Crippen LogP contribution in [-0.2, 0) is 11.4 Å². The Morgan fingerprint density at radius 3 is 2.45 bits per heavy atom. The minimum atomic E-state index is -0.482. The Balaban J connectivity index is 1.38. The lowest BCUT2D eigenvalue weighted by atomic mass is 10.2. The predicted molar refractivity (Wildman–Crippen MR) is 118 cm³/mol. The molecule has 0 aliphatic heterocycles. The van der Waals surface area contributed by atoms with Gasteiger partial charge in [-0.05, 0) is 48.5 Å². The van der Waals surface area contributed by atoms with Gasteiger partial charge in [-0.1, -0.05) is 29.4 Å². The number of nitrogens with zero attached hydrogens (tertiary/aromatic N) is 2. The molecule has 0 fully saturated rings. The number of ether oxygens (including phenoxy) is 3. The van der Waals surface area contributed by atoms with Gasteiger partial charge in [0.1, 0.15) is 11.5 Å². The first kappa shape index (κ1) is 21.8. The summed E-state index contributed by atoms with van der Waals surface area (Å²) < 4.78 is 35.1. The number of halogens is 1. The van der Waals surface area contributed by atoms with Crippen LogP contribution in [0.4, 0.5) is 10.1 Å².